The first-order chi connectivity index (χ1) is 42.8. The lowest BCUT2D eigenvalue weighted by Gasteiger charge is -2.26. The molecule has 0 unspecified atom stereocenters. The maximum Gasteiger partial charge on any atom is 0.119 e. The average Bonchev–Trinajstić information content (AvgIpc) is 3.68. The SMILES string of the molecule is CCCOc1ccc(N(c2ccc(OCCC)cc2)c2ccc(-c3cc(-c4ccc(N(c5ccc(OCCC)cc5)c5ccc(OCCC)cc5)cc4)cc(-c4ccc(N(c5ccc(OCCC)cc5)c5ccc(OCCC)cc5)cc4)c3)cc2)cc1. The highest BCUT2D eigenvalue weighted by Gasteiger charge is 2.19. The molecule has 0 heterocycles. The van der Waals surface area contributed by atoms with Crippen LogP contribution in [-0.2, 0) is 0 Å². The van der Waals surface area contributed by atoms with E-state index in [4.69, 9.17) is 28.4 Å². The van der Waals surface area contributed by atoms with E-state index in [1.807, 2.05) is 0 Å². The van der Waals surface area contributed by atoms with Gasteiger partial charge in [0.15, 0.2) is 0 Å². The fraction of sp³-hybridized carbons (Fsp3) is 0.231. The fourth-order valence-corrected chi connectivity index (χ4v) is 10.3. The smallest absolute Gasteiger partial charge is 0.119 e. The van der Waals surface area contributed by atoms with Crippen LogP contribution in [0.5, 0.6) is 34.5 Å². The Morgan fingerprint density at radius 2 is 0.322 bits per heavy atom. The van der Waals surface area contributed by atoms with Crippen molar-refractivity contribution >= 4 is 51.2 Å². The maximum absolute atomic E-state index is 6.01. The van der Waals surface area contributed by atoms with Gasteiger partial charge in [0.2, 0.25) is 0 Å². The summed E-state index contributed by atoms with van der Waals surface area (Å²) in [7, 11) is 0. The summed E-state index contributed by atoms with van der Waals surface area (Å²) >= 11 is 0. The predicted octanol–water partition coefficient (Wildman–Crippen LogP) is 21.8. The Morgan fingerprint density at radius 1 is 0.184 bits per heavy atom. The molecule has 0 aromatic heterocycles. The van der Waals surface area contributed by atoms with E-state index in [9.17, 15) is 0 Å². The van der Waals surface area contributed by atoms with E-state index in [0.717, 1.165) is 158 Å². The Hall–Kier alpha value is -9.60. The van der Waals surface area contributed by atoms with Gasteiger partial charge < -0.3 is 43.1 Å². The summed E-state index contributed by atoms with van der Waals surface area (Å²) in [6.45, 7) is 16.8. The molecule has 0 amide bonds. The van der Waals surface area contributed by atoms with Crippen molar-refractivity contribution in [2.75, 3.05) is 54.3 Å². The van der Waals surface area contributed by atoms with E-state index < -0.39 is 0 Å². The van der Waals surface area contributed by atoms with Crippen molar-refractivity contribution in [1.82, 2.24) is 0 Å². The predicted molar refractivity (Wildman–Crippen MR) is 362 cm³/mol. The normalized spacial score (nSPS) is 11.0. The third kappa shape index (κ3) is 15.6. The minimum Gasteiger partial charge on any atom is -0.494 e. The zero-order chi connectivity index (χ0) is 60.2. The Morgan fingerprint density at radius 3 is 0.460 bits per heavy atom. The average molecular weight is 1160 g/mol. The third-order valence-electron chi connectivity index (χ3n) is 14.7. The topological polar surface area (TPSA) is 65.1 Å². The van der Waals surface area contributed by atoms with Crippen molar-refractivity contribution in [3.05, 3.63) is 237 Å². The van der Waals surface area contributed by atoms with Crippen LogP contribution in [0.2, 0.25) is 0 Å². The molecule has 9 heteroatoms. The number of nitrogens with zero attached hydrogens (tertiary/aromatic N) is 3. The molecule has 10 rings (SSSR count). The van der Waals surface area contributed by atoms with Gasteiger partial charge in [-0.15, -0.1) is 0 Å². The molecule has 0 aliphatic carbocycles. The lowest BCUT2D eigenvalue weighted by Crippen LogP contribution is -2.10. The van der Waals surface area contributed by atoms with E-state index in [2.05, 4.69) is 293 Å². The Labute approximate surface area is 515 Å². The second-order valence-electron chi connectivity index (χ2n) is 21.5. The number of anilines is 9. The number of hydrogen-bond acceptors (Lipinski definition) is 9. The largest absolute Gasteiger partial charge is 0.494 e. The van der Waals surface area contributed by atoms with Crippen LogP contribution in [0.25, 0.3) is 33.4 Å². The van der Waals surface area contributed by atoms with Gasteiger partial charge in [0.05, 0.1) is 39.6 Å². The summed E-state index contributed by atoms with van der Waals surface area (Å²) in [6.07, 6.45) is 5.67. The molecular formula is C78H81N3O6. The number of hydrogen-bond donors (Lipinski definition) is 0. The van der Waals surface area contributed by atoms with E-state index in [1.54, 1.807) is 0 Å². The van der Waals surface area contributed by atoms with Crippen LogP contribution in [0.3, 0.4) is 0 Å². The van der Waals surface area contributed by atoms with Crippen LogP contribution in [0.15, 0.2) is 237 Å². The van der Waals surface area contributed by atoms with Gasteiger partial charge in [-0.1, -0.05) is 77.9 Å². The van der Waals surface area contributed by atoms with Gasteiger partial charge in [0, 0.05) is 51.2 Å². The summed E-state index contributed by atoms with van der Waals surface area (Å²) in [5.74, 6) is 5.12. The molecule has 9 nitrogen and oxygen atoms in total. The Kier molecular flexibility index (Phi) is 21.2. The van der Waals surface area contributed by atoms with E-state index in [-0.39, 0.29) is 0 Å². The van der Waals surface area contributed by atoms with Crippen LogP contribution in [-0.4, -0.2) is 39.6 Å². The van der Waals surface area contributed by atoms with Crippen molar-refractivity contribution in [2.45, 2.75) is 80.1 Å². The van der Waals surface area contributed by atoms with Gasteiger partial charge >= 0.3 is 0 Å². The lowest BCUT2D eigenvalue weighted by atomic mass is 9.93. The van der Waals surface area contributed by atoms with Gasteiger partial charge in [-0.05, 0) is 272 Å². The zero-order valence-electron chi connectivity index (χ0n) is 51.3. The summed E-state index contributed by atoms with van der Waals surface area (Å²) in [4.78, 5) is 6.84. The molecule has 0 aliphatic rings. The lowest BCUT2D eigenvalue weighted by molar-refractivity contribution is 0.317. The van der Waals surface area contributed by atoms with Crippen LogP contribution in [0, 0.1) is 0 Å². The summed E-state index contributed by atoms with van der Waals surface area (Å²) in [5, 5.41) is 0. The summed E-state index contributed by atoms with van der Waals surface area (Å²) < 4.78 is 36.0. The van der Waals surface area contributed by atoms with Crippen LogP contribution < -0.4 is 43.1 Å². The molecule has 87 heavy (non-hydrogen) atoms. The first kappa shape index (κ1) is 60.5. The quantitative estimate of drug-likeness (QED) is 0.0438. The second-order valence-corrected chi connectivity index (χ2v) is 21.5. The Balaban J connectivity index is 1.04. The highest BCUT2D eigenvalue weighted by Crippen LogP contribution is 2.43. The molecular weight excluding hydrogens is 1070 g/mol. The van der Waals surface area contributed by atoms with Crippen molar-refractivity contribution in [3.63, 3.8) is 0 Å². The maximum atomic E-state index is 6.01. The van der Waals surface area contributed by atoms with Crippen molar-refractivity contribution in [3.8, 4) is 67.9 Å². The number of ether oxygens (including phenoxy) is 6. The summed E-state index contributed by atoms with van der Waals surface area (Å²) in [5.41, 5.74) is 15.8. The molecule has 0 atom stereocenters. The molecule has 0 N–H and O–H groups in total. The third-order valence-corrected chi connectivity index (χ3v) is 14.7. The van der Waals surface area contributed by atoms with Crippen molar-refractivity contribution < 1.29 is 28.4 Å². The fourth-order valence-electron chi connectivity index (χ4n) is 10.3. The van der Waals surface area contributed by atoms with Gasteiger partial charge in [0.1, 0.15) is 34.5 Å². The standard InChI is InChI=1S/C78H81N3O6/c1-7-49-82-73-37-25-67(26-38-73)79(68-27-39-74(40-28-68)83-50-8-2)64-19-13-58(14-20-64)61-55-62(59-15-21-65(22-16-59)80(69-29-41-75(42-30-69)84-51-9-3)70-31-43-76(44-32-70)85-52-10-4)57-63(56-61)60-17-23-66(24-18-60)81(71-33-45-77(46-34-71)86-53-11-5)72-35-47-78(48-36-72)87-54-12-6/h13-48,55-57H,7-12,49-54H2,1-6H3. The second kappa shape index (κ2) is 30.5. The molecule has 0 fully saturated rings. The van der Waals surface area contributed by atoms with Gasteiger partial charge in [-0.25, -0.2) is 0 Å². The number of rotatable bonds is 30. The molecule has 0 bridgehead atoms. The minimum atomic E-state index is 0.672. The monoisotopic (exact) mass is 1160 g/mol. The first-order valence-electron chi connectivity index (χ1n) is 31.1. The first-order valence-corrected chi connectivity index (χ1v) is 31.1. The molecule has 444 valence electrons. The molecule has 0 saturated heterocycles. The van der Waals surface area contributed by atoms with Gasteiger partial charge in [-0.3, -0.25) is 0 Å². The zero-order valence-corrected chi connectivity index (χ0v) is 51.3. The number of benzene rings is 10. The van der Waals surface area contributed by atoms with Crippen molar-refractivity contribution in [2.24, 2.45) is 0 Å². The van der Waals surface area contributed by atoms with E-state index >= 15 is 0 Å². The van der Waals surface area contributed by atoms with Crippen molar-refractivity contribution in [1.29, 1.82) is 0 Å². The Bertz CT molecular complexity index is 3110. The van der Waals surface area contributed by atoms with Crippen LogP contribution in [0.1, 0.15) is 80.1 Å². The molecule has 10 aromatic rings. The van der Waals surface area contributed by atoms with Gasteiger partial charge in [0.25, 0.3) is 0 Å². The minimum absolute atomic E-state index is 0.672. The van der Waals surface area contributed by atoms with E-state index in [0.29, 0.717) is 39.6 Å². The van der Waals surface area contributed by atoms with Crippen LogP contribution >= 0.6 is 0 Å². The molecule has 0 spiro atoms. The molecule has 0 aliphatic heterocycles. The molecule has 0 radical (unpaired) electrons. The van der Waals surface area contributed by atoms with Crippen LogP contribution in [0.4, 0.5) is 51.2 Å². The molecule has 0 saturated carbocycles. The highest BCUT2D eigenvalue weighted by atomic mass is 16.5. The highest BCUT2D eigenvalue weighted by molar-refractivity contribution is 5.86. The van der Waals surface area contributed by atoms with Gasteiger partial charge in [-0.2, -0.15) is 0 Å². The summed E-state index contributed by atoms with van der Waals surface area (Å²) in [6, 6.07) is 83.8. The van der Waals surface area contributed by atoms with E-state index in [1.165, 1.54) is 0 Å². The molecule has 10 aromatic carbocycles.